The molecule has 3 N–H and O–H groups in total. The van der Waals surface area contributed by atoms with Gasteiger partial charge < -0.3 is 25.4 Å². The molecule has 2 saturated heterocycles. The van der Waals surface area contributed by atoms with Gasteiger partial charge in [0.15, 0.2) is 0 Å². The van der Waals surface area contributed by atoms with E-state index in [1.54, 1.807) is 4.90 Å². The van der Waals surface area contributed by atoms with Crippen LogP contribution in [0, 0.1) is 0 Å². The minimum Gasteiger partial charge on any atom is -0.481 e. The summed E-state index contributed by atoms with van der Waals surface area (Å²) in [6.45, 7) is 3.04. The van der Waals surface area contributed by atoms with E-state index in [0.29, 0.717) is 19.8 Å². The molecule has 0 bridgehead atoms. The van der Waals surface area contributed by atoms with Crippen molar-refractivity contribution in [1.82, 2.24) is 15.5 Å². The van der Waals surface area contributed by atoms with Crippen LogP contribution in [-0.4, -0.2) is 66.9 Å². The Bertz CT molecular complexity index is 331. The van der Waals surface area contributed by atoms with Crippen molar-refractivity contribution in [3.8, 4) is 0 Å². The maximum absolute atomic E-state index is 12.2. The lowest BCUT2D eigenvalue weighted by atomic mass is 10.1. The van der Waals surface area contributed by atoms with E-state index in [4.69, 9.17) is 9.84 Å². The van der Waals surface area contributed by atoms with Gasteiger partial charge in [0.25, 0.3) is 0 Å². The quantitative estimate of drug-likeness (QED) is 0.651. The Balaban J connectivity index is 1.88. The van der Waals surface area contributed by atoms with Crippen LogP contribution < -0.4 is 10.6 Å². The Morgan fingerprint density at radius 3 is 2.79 bits per heavy atom. The van der Waals surface area contributed by atoms with E-state index in [1.807, 2.05) is 0 Å². The predicted molar refractivity (Wildman–Crippen MR) is 68.0 cm³/mol. The molecule has 0 aromatic carbocycles. The highest BCUT2D eigenvalue weighted by Crippen LogP contribution is 2.12. The Morgan fingerprint density at radius 1 is 1.37 bits per heavy atom. The van der Waals surface area contributed by atoms with Crippen LogP contribution in [0.25, 0.3) is 0 Å². The fraction of sp³-hybridized carbons (Fsp3) is 0.833. The van der Waals surface area contributed by atoms with E-state index in [0.717, 1.165) is 25.9 Å². The van der Waals surface area contributed by atoms with E-state index in [-0.39, 0.29) is 24.5 Å². The number of ether oxygens (including phenoxy) is 1. The standard InChI is InChI=1S/C12H21N3O4/c16-11(17)7-10-8-19-6-5-15(10)12(18)14-9-1-3-13-4-2-9/h9-10,13H,1-8H2,(H,14,18)(H,16,17). The molecule has 0 saturated carbocycles. The number of carboxylic acids is 1. The molecule has 7 heteroatoms. The van der Waals surface area contributed by atoms with Crippen molar-refractivity contribution in [2.24, 2.45) is 0 Å². The van der Waals surface area contributed by atoms with Crippen molar-refractivity contribution in [3.63, 3.8) is 0 Å². The molecule has 2 aliphatic rings. The van der Waals surface area contributed by atoms with Crippen LogP contribution in [0.2, 0.25) is 0 Å². The molecule has 0 radical (unpaired) electrons. The highest BCUT2D eigenvalue weighted by atomic mass is 16.5. The van der Waals surface area contributed by atoms with Crippen LogP contribution in [-0.2, 0) is 9.53 Å². The van der Waals surface area contributed by atoms with Crippen molar-refractivity contribution in [3.05, 3.63) is 0 Å². The van der Waals surface area contributed by atoms with E-state index in [1.165, 1.54) is 0 Å². The lowest BCUT2D eigenvalue weighted by Gasteiger charge is -2.36. The summed E-state index contributed by atoms with van der Waals surface area (Å²) >= 11 is 0. The van der Waals surface area contributed by atoms with Crippen molar-refractivity contribution >= 4 is 12.0 Å². The molecule has 1 unspecified atom stereocenters. The summed E-state index contributed by atoms with van der Waals surface area (Å²) in [5, 5.41) is 15.1. The summed E-state index contributed by atoms with van der Waals surface area (Å²) in [6, 6.07) is -0.350. The maximum Gasteiger partial charge on any atom is 0.318 e. The number of nitrogens with one attached hydrogen (secondary N) is 2. The second kappa shape index (κ2) is 6.72. The second-order valence-corrected chi connectivity index (χ2v) is 4.99. The summed E-state index contributed by atoms with van der Waals surface area (Å²) in [7, 11) is 0. The summed E-state index contributed by atoms with van der Waals surface area (Å²) in [4.78, 5) is 24.6. The van der Waals surface area contributed by atoms with Crippen molar-refractivity contribution in [2.45, 2.75) is 31.3 Å². The number of hydrogen-bond acceptors (Lipinski definition) is 4. The van der Waals surface area contributed by atoms with Crippen LogP contribution in [0.1, 0.15) is 19.3 Å². The molecule has 2 heterocycles. The number of carbonyl (C=O) groups is 2. The monoisotopic (exact) mass is 271 g/mol. The lowest BCUT2D eigenvalue weighted by Crippen LogP contribution is -2.55. The Kier molecular flexibility index (Phi) is 4.98. The molecule has 1 atom stereocenters. The maximum atomic E-state index is 12.2. The third-order valence-electron chi connectivity index (χ3n) is 3.57. The van der Waals surface area contributed by atoms with Gasteiger partial charge in [-0.25, -0.2) is 4.79 Å². The zero-order valence-corrected chi connectivity index (χ0v) is 10.9. The van der Waals surface area contributed by atoms with Crippen LogP contribution in [0.5, 0.6) is 0 Å². The van der Waals surface area contributed by atoms with E-state index >= 15 is 0 Å². The van der Waals surface area contributed by atoms with Gasteiger partial charge in [-0.1, -0.05) is 0 Å². The van der Waals surface area contributed by atoms with E-state index in [2.05, 4.69) is 10.6 Å². The topological polar surface area (TPSA) is 90.9 Å². The smallest absolute Gasteiger partial charge is 0.318 e. The number of amides is 2. The van der Waals surface area contributed by atoms with Crippen molar-refractivity contribution in [2.75, 3.05) is 32.8 Å². The largest absolute Gasteiger partial charge is 0.481 e. The predicted octanol–water partition coefficient (Wildman–Crippen LogP) is -0.376. The van der Waals surface area contributed by atoms with E-state index in [9.17, 15) is 9.59 Å². The van der Waals surface area contributed by atoms with Gasteiger partial charge in [-0.05, 0) is 25.9 Å². The van der Waals surface area contributed by atoms with Gasteiger partial charge in [0, 0.05) is 12.6 Å². The number of hydrogen-bond donors (Lipinski definition) is 3. The third kappa shape index (κ3) is 4.07. The normalized spacial score (nSPS) is 25.1. The molecule has 2 amide bonds. The summed E-state index contributed by atoms with van der Waals surface area (Å²) in [5.74, 6) is -0.907. The third-order valence-corrected chi connectivity index (χ3v) is 3.57. The van der Waals surface area contributed by atoms with Gasteiger partial charge >= 0.3 is 12.0 Å². The van der Waals surface area contributed by atoms with Gasteiger partial charge in [0.2, 0.25) is 0 Å². The SMILES string of the molecule is O=C(O)CC1COCCN1C(=O)NC1CCNCC1. The first-order chi connectivity index (χ1) is 9.16. The molecule has 108 valence electrons. The van der Waals surface area contributed by atoms with Crippen LogP contribution in [0.3, 0.4) is 0 Å². The van der Waals surface area contributed by atoms with Crippen LogP contribution >= 0.6 is 0 Å². The second-order valence-electron chi connectivity index (χ2n) is 4.99. The fourth-order valence-corrected chi connectivity index (χ4v) is 2.52. The molecule has 7 nitrogen and oxygen atoms in total. The van der Waals surface area contributed by atoms with Crippen LogP contribution in [0.15, 0.2) is 0 Å². The van der Waals surface area contributed by atoms with Crippen LogP contribution in [0.4, 0.5) is 4.79 Å². The van der Waals surface area contributed by atoms with Gasteiger partial charge in [-0.2, -0.15) is 0 Å². The van der Waals surface area contributed by atoms with Gasteiger partial charge in [0.05, 0.1) is 25.7 Å². The molecular weight excluding hydrogens is 250 g/mol. The number of piperidine rings is 1. The molecule has 0 aromatic heterocycles. The number of aliphatic carboxylic acids is 1. The molecule has 0 spiro atoms. The van der Waals surface area contributed by atoms with Gasteiger partial charge in [-0.3, -0.25) is 4.79 Å². The highest BCUT2D eigenvalue weighted by Gasteiger charge is 2.30. The minimum absolute atomic E-state index is 0.0698. The van der Waals surface area contributed by atoms with E-state index < -0.39 is 5.97 Å². The number of morpholine rings is 1. The molecular formula is C12H21N3O4. The first-order valence-corrected chi connectivity index (χ1v) is 6.74. The minimum atomic E-state index is -0.907. The summed E-state index contributed by atoms with van der Waals surface area (Å²) in [6.07, 6.45) is 1.76. The number of carbonyl (C=O) groups excluding carboxylic acids is 1. The Hall–Kier alpha value is -1.34. The average molecular weight is 271 g/mol. The fourth-order valence-electron chi connectivity index (χ4n) is 2.52. The first kappa shape index (κ1) is 14.1. The Labute approximate surface area is 112 Å². The molecule has 19 heavy (non-hydrogen) atoms. The van der Waals surface area contributed by atoms with Gasteiger partial charge in [-0.15, -0.1) is 0 Å². The highest BCUT2D eigenvalue weighted by molar-refractivity contribution is 5.76. The first-order valence-electron chi connectivity index (χ1n) is 6.74. The number of urea groups is 1. The Morgan fingerprint density at radius 2 is 2.11 bits per heavy atom. The molecule has 2 rings (SSSR count). The summed E-state index contributed by atoms with van der Waals surface area (Å²) in [5.41, 5.74) is 0. The lowest BCUT2D eigenvalue weighted by molar-refractivity contribution is -0.139. The zero-order chi connectivity index (χ0) is 13.7. The molecule has 2 fully saturated rings. The van der Waals surface area contributed by atoms with Crippen molar-refractivity contribution < 1.29 is 19.4 Å². The van der Waals surface area contributed by atoms with Gasteiger partial charge in [0.1, 0.15) is 0 Å². The molecule has 0 aromatic rings. The number of carboxylic acid groups (broad SMARTS) is 1. The molecule has 2 aliphatic heterocycles. The zero-order valence-electron chi connectivity index (χ0n) is 10.9. The average Bonchev–Trinajstić information content (AvgIpc) is 2.39. The van der Waals surface area contributed by atoms with Crippen molar-refractivity contribution in [1.29, 1.82) is 0 Å². The molecule has 0 aliphatic carbocycles. The number of rotatable bonds is 3. The number of nitrogens with zero attached hydrogens (tertiary/aromatic N) is 1. The summed E-state index contributed by atoms with van der Waals surface area (Å²) < 4.78 is 5.26.